The normalized spacial score (nSPS) is 17.4. The van der Waals surface area contributed by atoms with Crippen molar-refractivity contribution in [2.75, 3.05) is 13.2 Å². The third kappa shape index (κ3) is 3.18. The smallest absolute Gasteiger partial charge is 0.246 e. The number of nitriles is 1. The molecule has 0 bridgehead atoms. The summed E-state index contributed by atoms with van der Waals surface area (Å²) < 4.78 is 11.1. The minimum atomic E-state index is -0.992. The average molecular weight is 286 g/mol. The Morgan fingerprint density at radius 2 is 2.24 bits per heavy atom. The number of hydrogen-bond acceptors (Lipinski definition) is 5. The molecule has 0 saturated heterocycles. The van der Waals surface area contributed by atoms with Gasteiger partial charge in [0.2, 0.25) is 5.76 Å². The molecule has 3 rings (SSSR count). The van der Waals surface area contributed by atoms with Gasteiger partial charge in [-0.1, -0.05) is 12.1 Å². The Bertz CT molecular complexity index is 680. The van der Waals surface area contributed by atoms with Gasteiger partial charge in [0.05, 0.1) is 5.39 Å². The largest absolute Gasteiger partial charge is 0.485 e. The van der Waals surface area contributed by atoms with Crippen LogP contribution in [-0.4, -0.2) is 29.9 Å². The Balaban J connectivity index is 1.73. The van der Waals surface area contributed by atoms with Crippen molar-refractivity contribution in [2.24, 2.45) is 0 Å². The number of ether oxygens (including phenoxy) is 1. The third-order valence-electron chi connectivity index (χ3n) is 3.53. The molecule has 1 aliphatic rings. The Labute approximate surface area is 123 Å². The van der Waals surface area contributed by atoms with Crippen molar-refractivity contribution in [1.82, 2.24) is 5.32 Å². The number of fused-ring (bicyclic) bond motifs is 1. The third-order valence-corrected chi connectivity index (χ3v) is 3.53. The van der Waals surface area contributed by atoms with E-state index in [-0.39, 0.29) is 12.4 Å². The van der Waals surface area contributed by atoms with Crippen LogP contribution in [0.15, 0.2) is 28.7 Å². The van der Waals surface area contributed by atoms with Crippen molar-refractivity contribution in [3.05, 3.63) is 30.0 Å². The predicted molar refractivity (Wildman–Crippen MR) is 78.1 cm³/mol. The number of nitrogens with zero attached hydrogens (tertiary/aromatic N) is 1. The van der Waals surface area contributed by atoms with Crippen LogP contribution in [0.5, 0.6) is 5.75 Å². The van der Waals surface area contributed by atoms with E-state index in [2.05, 4.69) is 5.32 Å². The zero-order chi connectivity index (χ0) is 14.9. The van der Waals surface area contributed by atoms with Crippen LogP contribution in [0.25, 0.3) is 11.0 Å². The molecule has 21 heavy (non-hydrogen) atoms. The summed E-state index contributed by atoms with van der Waals surface area (Å²) in [7, 11) is 0. The number of benzene rings is 1. The molecule has 1 saturated carbocycles. The molecule has 2 N–H and O–H groups in total. The van der Waals surface area contributed by atoms with Crippen molar-refractivity contribution in [3.8, 4) is 11.8 Å². The lowest BCUT2D eigenvalue weighted by Gasteiger charge is -2.23. The first-order valence-electron chi connectivity index (χ1n) is 7.09. The van der Waals surface area contributed by atoms with Gasteiger partial charge in [0, 0.05) is 12.6 Å². The van der Waals surface area contributed by atoms with Crippen LogP contribution >= 0.6 is 0 Å². The number of aliphatic hydroxyl groups is 1. The van der Waals surface area contributed by atoms with E-state index >= 15 is 0 Å². The van der Waals surface area contributed by atoms with Crippen LogP contribution in [0.1, 0.15) is 25.5 Å². The molecule has 1 aromatic heterocycles. The summed E-state index contributed by atoms with van der Waals surface area (Å²) in [6.45, 7) is 2.29. The molecular weight excluding hydrogens is 268 g/mol. The van der Waals surface area contributed by atoms with Crippen LogP contribution < -0.4 is 10.1 Å². The lowest BCUT2D eigenvalue weighted by molar-refractivity contribution is 0.0121. The molecule has 1 aliphatic carbocycles. The molecule has 0 spiro atoms. The van der Waals surface area contributed by atoms with E-state index in [1.807, 2.05) is 24.3 Å². The standard InChI is InChI=1S/C16H18N2O3/c1-16(19,9-18-11-6-7-11)10-20-15-12-4-2-3-5-13(12)21-14(15)8-17/h2-5,11,18-19H,6-7,9-10H2,1H3. The minimum Gasteiger partial charge on any atom is -0.485 e. The number of hydrogen-bond donors (Lipinski definition) is 2. The van der Waals surface area contributed by atoms with Gasteiger partial charge >= 0.3 is 0 Å². The fraction of sp³-hybridized carbons (Fsp3) is 0.438. The van der Waals surface area contributed by atoms with Gasteiger partial charge in [0.15, 0.2) is 5.75 Å². The van der Waals surface area contributed by atoms with Gasteiger partial charge in [-0.05, 0) is 31.9 Å². The molecule has 1 heterocycles. The molecule has 0 radical (unpaired) electrons. The summed E-state index contributed by atoms with van der Waals surface area (Å²) in [6.07, 6.45) is 2.34. The lowest BCUT2D eigenvalue weighted by Crippen LogP contribution is -2.43. The predicted octanol–water partition coefficient (Wildman–Crippen LogP) is 2.19. The van der Waals surface area contributed by atoms with Gasteiger partial charge in [-0.3, -0.25) is 0 Å². The van der Waals surface area contributed by atoms with E-state index < -0.39 is 5.60 Å². The molecule has 5 nitrogen and oxygen atoms in total. The molecule has 0 aliphatic heterocycles. The summed E-state index contributed by atoms with van der Waals surface area (Å²) in [4.78, 5) is 0. The molecule has 1 fully saturated rings. The summed E-state index contributed by atoms with van der Waals surface area (Å²) in [5.74, 6) is 0.543. The molecule has 5 heteroatoms. The maximum atomic E-state index is 10.3. The van der Waals surface area contributed by atoms with Crippen molar-refractivity contribution < 1.29 is 14.3 Å². The Kier molecular flexibility index (Phi) is 3.58. The monoisotopic (exact) mass is 286 g/mol. The Morgan fingerprint density at radius 3 is 2.95 bits per heavy atom. The highest BCUT2D eigenvalue weighted by Crippen LogP contribution is 2.33. The van der Waals surface area contributed by atoms with E-state index in [0.29, 0.717) is 23.9 Å². The van der Waals surface area contributed by atoms with Gasteiger partial charge in [-0.2, -0.15) is 5.26 Å². The Hall–Kier alpha value is -2.03. The van der Waals surface area contributed by atoms with Crippen LogP contribution in [0, 0.1) is 11.3 Å². The summed E-state index contributed by atoms with van der Waals surface area (Å²) in [6, 6.07) is 9.85. The molecule has 0 amide bonds. The van der Waals surface area contributed by atoms with Crippen molar-refractivity contribution in [2.45, 2.75) is 31.4 Å². The molecule has 2 aromatic rings. The van der Waals surface area contributed by atoms with E-state index in [0.717, 1.165) is 5.39 Å². The SMILES string of the molecule is CC(O)(CNC1CC1)COc1c(C#N)oc2ccccc12. The highest BCUT2D eigenvalue weighted by molar-refractivity contribution is 5.86. The first-order chi connectivity index (χ1) is 10.1. The number of rotatable bonds is 6. The lowest BCUT2D eigenvalue weighted by atomic mass is 10.1. The quantitative estimate of drug-likeness (QED) is 0.851. The van der Waals surface area contributed by atoms with E-state index in [1.165, 1.54) is 12.8 Å². The van der Waals surface area contributed by atoms with Gasteiger partial charge in [-0.15, -0.1) is 0 Å². The zero-order valence-electron chi connectivity index (χ0n) is 11.9. The molecular formula is C16H18N2O3. The minimum absolute atomic E-state index is 0.102. The molecule has 1 atom stereocenters. The molecule has 110 valence electrons. The summed E-state index contributed by atoms with van der Waals surface area (Å²) >= 11 is 0. The highest BCUT2D eigenvalue weighted by Gasteiger charge is 2.28. The van der Waals surface area contributed by atoms with Gasteiger partial charge in [0.1, 0.15) is 23.9 Å². The van der Waals surface area contributed by atoms with Gasteiger partial charge in [0.25, 0.3) is 0 Å². The number of nitrogens with one attached hydrogen (secondary N) is 1. The van der Waals surface area contributed by atoms with E-state index in [4.69, 9.17) is 14.4 Å². The second-order valence-corrected chi connectivity index (χ2v) is 5.81. The second-order valence-electron chi connectivity index (χ2n) is 5.81. The van der Waals surface area contributed by atoms with Gasteiger partial charge < -0.3 is 19.6 Å². The summed E-state index contributed by atoms with van der Waals surface area (Å²) in [5, 5.41) is 23.5. The van der Waals surface area contributed by atoms with Crippen molar-refractivity contribution in [1.29, 1.82) is 5.26 Å². The van der Waals surface area contributed by atoms with Gasteiger partial charge in [-0.25, -0.2) is 0 Å². The average Bonchev–Trinajstić information content (AvgIpc) is 3.23. The maximum Gasteiger partial charge on any atom is 0.246 e. The molecule has 1 aromatic carbocycles. The first-order valence-corrected chi connectivity index (χ1v) is 7.09. The number of para-hydroxylation sites is 1. The van der Waals surface area contributed by atoms with Crippen LogP contribution in [-0.2, 0) is 0 Å². The highest BCUT2D eigenvalue weighted by atomic mass is 16.5. The fourth-order valence-corrected chi connectivity index (χ4v) is 2.17. The number of furan rings is 1. The fourth-order valence-electron chi connectivity index (χ4n) is 2.17. The topological polar surface area (TPSA) is 78.4 Å². The van der Waals surface area contributed by atoms with E-state index in [1.54, 1.807) is 13.0 Å². The summed E-state index contributed by atoms with van der Waals surface area (Å²) in [5.41, 5.74) is -0.381. The van der Waals surface area contributed by atoms with Crippen molar-refractivity contribution in [3.63, 3.8) is 0 Å². The van der Waals surface area contributed by atoms with E-state index in [9.17, 15) is 5.11 Å². The van der Waals surface area contributed by atoms with Crippen LogP contribution in [0.4, 0.5) is 0 Å². The van der Waals surface area contributed by atoms with Crippen LogP contribution in [0.2, 0.25) is 0 Å². The second kappa shape index (κ2) is 5.40. The molecule has 1 unspecified atom stereocenters. The maximum absolute atomic E-state index is 10.3. The van der Waals surface area contributed by atoms with Crippen LogP contribution in [0.3, 0.4) is 0 Å². The zero-order valence-corrected chi connectivity index (χ0v) is 11.9. The first kappa shape index (κ1) is 13.9. The van der Waals surface area contributed by atoms with Crippen molar-refractivity contribution >= 4 is 11.0 Å². The Morgan fingerprint density at radius 1 is 1.48 bits per heavy atom.